The Balaban J connectivity index is 1.82. The lowest BCUT2D eigenvalue weighted by Crippen LogP contribution is -2.22. The molecule has 0 saturated carbocycles. The Hall–Kier alpha value is -1.98. The van der Waals surface area contributed by atoms with Gasteiger partial charge in [0.25, 0.3) is 0 Å². The first-order chi connectivity index (χ1) is 11.8. The van der Waals surface area contributed by atoms with Crippen molar-refractivity contribution in [2.45, 2.75) is 79.3 Å². The maximum Gasteiger partial charge on any atom is 0.157 e. The van der Waals surface area contributed by atoms with E-state index in [1.807, 2.05) is 4.68 Å². The monoisotopic (exact) mass is 342 g/mol. The van der Waals surface area contributed by atoms with E-state index >= 15 is 0 Å². The van der Waals surface area contributed by atoms with Crippen molar-refractivity contribution in [3.05, 3.63) is 35.2 Å². The lowest BCUT2D eigenvalue weighted by Gasteiger charge is -2.34. The molecule has 0 N–H and O–H groups in total. The van der Waals surface area contributed by atoms with Crippen LogP contribution in [0.2, 0.25) is 0 Å². The third-order valence-electron chi connectivity index (χ3n) is 5.53. The van der Waals surface area contributed by atoms with Crippen LogP contribution in [0.25, 0.3) is 0 Å². The number of hydrogen-bond donors (Lipinski definition) is 0. The van der Waals surface area contributed by atoms with E-state index in [0.717, 1.165) is 17.9 Å². The maximum absolute atomic E-state index is 4.44. The van der Waals surface area contributed by atoms with Gasteiger partial charge in [0.1, 0.15) is 12.4 Å². The molecule has 6 heteroatoms. The minimum Gasteiger partial charge on any atom is -0.313 e. The average molecular weight is 342 g/mol. The van der Waals surface area contributed by atoms with Gasteiger partial charge < -0.3 is 4.57 Å². The minimum atomic E-state index is 0.0144. The molecule has 1 aliphatic rings. The van der Waals surface area contributed by atoms with Gasteiger partial charge in [-0.15, -0.1) is 15.3 Å². The molecule has 0 radical (unpaired) electrons. The van der Waals surface area contributed by atoms with Crippen LogP contribution in [0, 0.1) is 5.41 Å². The van der Waals surface area contributed by atoms with Gasteiger partial charge in [-0.1, -0.05) is 30.2 Å². The van der Waals surface area contributed by atoms with Crippen LogP contribution in [-0.4, -0.2) is 29.8 Å². The molecule has 25 heavy (non-hydrogen) atoms. The molecule has 6 nitrogen and oxygen atoms in total. The number of aromatic nitrogens is 6. The van der Waals surface area contributed by atoms with Crippen LogP contribution in [-0.2, 0) is 6.42 Å². The van der Waals surface area contributed by atoms with Crippen molar-refractivity contribution in [3.8, 4) is 0 Å². The second kappa shape index (κ2) is 6.73. The van der Waals surface area contributed by atoms with Gasteiger partial charge in [-0.2, -0.15) is 0 Å². The van der Waals surface area contributed by atoms with Gasteiger partial charge in [0.2, 0.25) is 0 Å². The molecule has 2 aromatic heterocycles. The second-order valence-electron chi connectivity index (χ2n) is 8.23. The highest BCUT2D eigenvalue weighted by molar-refractivity contribution is 5.26. The molecule has 1 aliphatic carbocycles. The van der Waals surface area contributed by atoms with Crippen molar-refractivity contribution in [2.75, 3.05) is 0 Å². The summed E-state index contributed by atoms with van der Waals surface area (Å²) in [5.41, 5.74) is 4.35. The van der Waals surface area contributed by atoms with Gasteiger partial charge in [0, 0.05) is 18.7 Å². The third-order valence-corrected chi connectivity index (χ3v) is 5.53. The summed E-state index contributed by atoms with van der Waals surface area (Å²) in [6.07, 6.45) is 8.49. The number of hydrogen-bond acceptors (Lipinski definition) is 4. The lowest BCUT2D eigenvalue weighted by atomic mass is 9.71. The quantitative estimate of drug-likeness (QED) is 0.767. The van der Waals surface area contributed by atoms with Gasteiger partial charge in [0.15, 0.2) is 5.82 Å². The molecule has 3 rings (SSSR count). The Kier molecular flexibility index (Phi) is 4.80. The molecule has 2 heterocycles. The molecule has 1 unspecified atom stereocenters. The molecule has 136 valence electrons. The van der Waals surface area contributed by atoms with E-state index in [1.165, 1.54) is 30.4 Å². The average Bonchev–Trinajstić information content (AvgIpc) is 3.19. The maximum atomic E-state index is 4.44. The van der Waals surface area contributed by atoms with Crippen LogP contribution in [0.1, 0.15) is 84.4 Å². The fourth-order valence-electron chi connectivity index (χ4n) is 3.90. The summed E-state index contributed by atoms with van der Waals surface area (Å²) in [7, 11) is 0. The summed E-state index contributed by atoms with van der Waals surface area (Å²) >= 11 is 0. The normalized spacial score (nSPS) is 18.8. The Morgan fingerprint density at radius 2 is 1.96 bits per heavy atom. The molecule has 0 aliphatic heterocycles. The Bertz CT molecular complexity index is 764. The first-order valence-corrected chi connectivity index (χ1v) is 9.29. The predicted octanol–water partition coefficient (Wildman–Crippen LogP) is 4.13. The third kappa shape index (κ3) is 3.53. The van der Waals surface area contributed by atoms with Crippen molar-refractivity contribution in [3.63, 3.8) is 0 Å². The largest absolute Gasteiger partial charge is 0.313 e. The zero-order valence-electron chi connectivity index (χ0n) is 16.3. The first kappa shape index (κ1) is 17.8. The second-order valence-corrected chi connectivity index (χ2v) is 8.23. The lowest BCUT2D eigenvalue weighted by molar-refractivity contribution is 0.358. The molecule has 0 fully saturated rings. The van der Waals surface area contributed by atoms with Gasteiger partial charge in [0.05, 0.1) is 5.69 Å². The molecular formula is C19H30N6. The molecule has 0 amide bonds. The summed E-state index contributed by atoms with van der Waals surface area (Å²) in [5, 5.41) is 17.2. The summed E-state index contributed by atoms with van der Waals surface area (Å²) in [5.74, 6) is 0.917. The molecule has 0 saturated heterocycles. The number of rotatable bonds is 5. The SMILES string of the molecule is CC1=C(Cc2cn(C(C)c3nncn3C(C)C)nn2)C(C)(C)CCC1. The van der Waals surface area contributed by atoms with Crippen LogP contribution < -0.4 is 0 Å². The van der Waals surface area contributed by atoms with Crippen molar-refractivity contribution in [2.24, 2.45) is 5.41 Å². The van der Waals surface area contributed by atoms with E-state index < -0.39 is 0 Å². The number of nitrogens with zero attached hydrogens (tertiary/aromatic N) is 6. The van der Waals surface area contributed by atoms with Gasteiger partial charge in [-0.25, -0.2) is 4.68 Å². The van der Waals surface area contributed by atoms with E-state index in [4.69, 9.17) is 0 Å². The van der Waals surface area contributed by atoms with Crippen LogP contribution in [0.4, 0.5) is 0 Å². The van der Waals surface area contributed by atoms with Crippen LogP contribution >= 0.6 is 0 Å². The highest BCUT2D eigenvalue weighted by Crippen LogP contribution is 2.41. The zero-order chi connectivity index (χ0) is 18.2. The highest BCUT2D eigenvalue weighted by atomic mass is 15.4. The smallest absolute Gasteiger partial charge is 0.157 e. The first-order valence-electron chi connectivity index (χ1n) is 9.29. The fraction of sp³-hybridized carbons (Fsp3) is 0.684. The van der Waals surface area contributed by atoms with Gasteiger partial charge in [-0.3, -0.25) is 0 Å². The number of allylic oxidation sites excluding steroid dienone is 2. The molecule has 1 atom stereocenters. The summed E-state index contributed by atoms with van der Waals surface area (Å²) in [6, 6.07) is 0.340. The van der Waals surface area contributed by atoms with Crippen molar-refractivity contribution >= 4 is 0 Å². The van der Waals surface area contributed by atoms with E-state index in [1.54, 1.807) is 6.33 Å². The topological polar surface area (TPSA) is 61.4 Å². The Morgan fingerprint density at radius 3 is 2.64 bits per heavy atom. The molecular weight excluding hydrogens is 312 g/mol. The molecule has 2 aromatic rings. The molecule has 0 spiro atoms. The standard InChI is InChI=1S/C19H30N6/c1-13(2)24-12-20-22-18(24)15(4)25-11-16(21-23-25)10-17-14(3)8-7-9-19(17,5)6/h11-13,15H,7-10H2,1-6H3. The van der Waals surface area contributed by atoms with Crippen LogP contribution in [0.15, 0.2) is 23.7 Å². The van der Waals surface area contributed by atoms with Crippen molar-refractivity contribution < 1.29 is 0 Å². The zero-order valence-corrected chi connectivity index (χ0v) is 16.3. The van der Waals surface area contributed by atoms with Crippen LogP contribution in [0.5, 0.6) is 0 Å². The van der Waals surface area contributed by atoms with E-state index in [0.29, 0.717) is 6.04 Å². The Morgan fingerprint density at radius 1 is 1.20 bits per heavy atom. The van der Waals surface area contributed by atoms with Crippen molar-refractivity contribution in [1.82, 2.24) is 29.8 Å². The highest BCUT2D eigenvalue weighted by Gasteiger charge is 2.29. The van der Waals surface area contributed by atoms with Crippen LogP contribution in [0.3, 0.4) is 0 Å². The Labute approximate surface area is 150 Å². The summed E-state index contributed by atoms with van der Waals surface area (Å²) in [6.45, 7) is 13.3. The molecule has 0 bridgehead atoms. The fourth-order valence-corrected chi connectivity index (χ4v) is 3.90. The van der Waals surface area contributed by atoms with Gasteiger partial charge >= 0.3 is 0 Å². The van der Waals surface area contributed by atoms with Crippen molar-refractivity contribution in [1.29, 1.82) is 0 Å². The summed E-state index contributed by atoms with van der Waals surface area (Å²) in [4.78, 5) is 0. The van der Waals surface area contributed by atoms with Gasteiger partial charge in [-0.05, 0) is 52.4 Å². The predicted molar refractivity (Wildman–Crippen MR) is 98.3 cm³/mol. The molecule has 0 aromatic carbocycles. The minimum absolute atomic E-state index is 0.0144. The summed E-state index contributed by atoms with van der Waals surface area (Å²) < 4.78 is 3.99. The van der Waals surface area contributed by atoms with E-state index in [2.05, 4.69) is 72.8 Å². The van der Waals surface area contributed by atoms with E-state index in [-0.39, 0.29) is 11.5 Å². The van der Waals surface area contributed by atoms with E-state index in [9.17, 15) is 0 Å².